The molecule has 0 unspecified atom stereocenters. The molecular weight excluding hydrogens is 327 g/mol. The van der Waals surface area contributed by atoms with Gasteiger partial charge in [0, 0.05) is 40.8 Å². The van der Waals surface area contributed by atoms with Gasteiger partial charge in [-0.25, -0.2) is 0 Å². The molecule has 0 radical (unpaired) electrons. The summed E-state index contributed by atoms with van der Waals surface area (Å²) in [5, 5.41) is 0. The fourth-order valence-corrected chi connectivity index (χ4v) is 1.74. The first kappa shape index (κ1) is 19.3. The summed E-state index contributed by atoms with van der Waals surface area (Å²) in [5.41, 5.74) is 0. The number of halogens is 1. The number of likely N-dealkylation sites (N-methyl/N-ethyl adjacent to an activating group) is 1. The lowest BCUT2D eigenvalue weighted by Crippen LogP contribution is -2.37. The van der Waals surface area contributed by atoms with Crippen LogP contribution in [0.2, 0.25) is 0 Å². The second kappa shape index (κ2) is 9.94. The van der Waals surface area contributed by atoms with Crippen LogP contribution in [0.5, 0.6) is 0 Å². The fraction of sp³-hybridized carbons (Fsp3) is 0.917. The van der Waals surface area contributed by atoms with Gasteiger partial charge < -0.3 is 9.80 Å². The minimum Gasteiger partial charge on any atom is -0.349 e. The number of rotatable bonds is 5. The molecule has 0 bridgehead atoms. The van der Waals surface area contributed by atoms with Gasteiger partial charge in [0.2, 0.25) is 0 Å². The van der Waals surface area contributed by atoms with E-state index in [0.717, 1.165) is 25.6 Å². The van der Waals surface area contributed by atoms with Crippen LogP contribution in [-0.4, -0.2) is 74.5 Å². The van der Waals surface area contributed by atoms with E-state index >= 15 is 0 Å². The summed E-state index contributed by atoms with van der Waals surface area (Å²) in [7, 11) is 8.11. The van der Waals surface area contributed by atoms with Crippen LogP contribution in [0.1, 0.15) is 20.8 Å². The molecule has 0 aliphatic carbocycles. The average molecular weight is 356 g/mol. The predicted molar refractivity (Wildman–Crippen MR) is 87.5 cm³/mol. The number of hydrogen-bond donors (Lipinski definition) is 0. The van der Waals surface area contributed by atoms with Crippen molar-refractivity contribution in [3.05, 3.63) is 0 Å². The monoisotopic (exact) mass is 356 g/mol. The molecular formula is C12H29IN4. The van der Waals surface area contributed by atoms with Crippen molar-refractivity contribution in [2.24, 2.45) is 4.99 Å². The van der Waals surface area contributed by atoms with Gasteiger partial charge in [-0.05, 0) is 20.4 Å². The van der Waals surface area contributed by atoms with E-state index in [1.165, 1.54) is 0 Å². The summed E-state index contributed by atoms with van der Waals surface area (Å²) >= 11 is 0. The Balaban J connectivity index is 0. The molecule has 0 atom stereocenters. The molecule has 4 nitrogen and oxygen atoms in total. The zero-order valence-electron chi connectivity index (χ0n) is 12.4. The van der Waals surface area contributed by atoms with Gasteiger partial charge in [-0.15, -0.1) is 24.0 Å². The molecule has 0 spiro atoms. The molecule has 0 aliphatic heterocycles. The SMILES string of the molecule is CCN(CCN=C(N(C)C)N(C)C)C(C)C.I. The molecule has 0 rings (SSSR count). The maximum Gasteiger partial charge on any atom is 0.195 e. The van der Waals surface area contributed by atoms with E-state index in [4.69, 9.17) is 0 Å². The standard InChI is InChI=1S/C12H28N4.HI/c1-8-16(11(2)3)10-9-13-12(14(4)5)15(6)7;/h11H,8-10H2,1-7H3;1H. The van der Waals surface area contributed by atoms with Gasteiger partial charge >= 0.3 is 0 Å². The maximum atomic E-state index is 4.62. The fourth-order valence-electron chi connectivity index (χ4n) is 1.74. The highest BCUT2D eigenvalue weighted by Crippen LogP contribution is 1.97. The Labute approximate surface area is 124 Å². The Morgan fingerprint density at radius 1 is 1.06 bits per heavy atom. The van der Waals surface area contributed by atoms with Crippen LogP contribution in [-0.2, 0) is 0 Å². The predicted octanol–water partition coefficient (Wildman–Crippen LogP) is 1.81. The average Bonchev–Trinajstić information content (AvgIpc) is 2.15. The van der Waals surface area contributed by atoms with Gasteiger partial charge in [0.25, 0.3) is 0 Å². The van der Waals surface area contributed by atoms with Crippen LogP contribution in [0.15, 0.2) is 4.99 Å². The third kappa shape index (κ3) is 7.81. The molecule has 5 heteroatoms. The van der Waals surface area contributed by atoms with Crippen LogP contribution in [0, 0.1) is 0 Å². The molecule has 0 N–H and O–H groups in total. The second-order valence-corrected chi connectivity index (χ2v) is 4.69. The van der Waals surface area contributed by atoms with Gasteiger partial charge in [0.1, 0.15) is 0 Å². The normalized spacial score (nSPS) is 10.2. The van der Waals surface area contributed by atoms with Gasteiger partial charge in [-0.2, -0.15) is 0 Å². The van der Waals surface area contributed by atoms with Crippen molar-refractivity contribution in [2.75, 3.05) is 47.8 Å². The minimum absolute atomic E-state index is 0. The molecule has 0 aromatic carbocycles. The molecule has 0 saturated heterocycles. The Bertz CT molecular complexity index is 205. The van der Waals surface area contributed by atoms with E-state index in [-0.39, 0.29) is 24.0 Å². The number of hydrogen-bond acceptors (Lipinski definition) is 2. The van der Waals surface area contributed by atoms with Crippen molar-refractivity contribution in [3.8, 4) is 0 Å². The van der Waals surface area contributed by atoms with Gasteiger partial charge in [-0.3, -0.25) is 9.89 Å². The molecule has 17 heavy (non-hydrogen) atoms. The molecule has 0 aliphatic rings. The molecule has 0 aromatic heterocycles. The van der Waals surface area contributed by atoms with Crippen molar-refractivity contribution in [1.29, 1.82) is 0 Å². The lowest BCUT2D eigenvalue weighted by atomic mass is 10.3. The van der Waals surface area contributed by atoms with E-state index < -0.39 is 0 Å². The molecule has 0 saturated carbocycles. The van der Waals surface area contributed by atoms with E-state index in [1.54, 1.807) is 0 Å². The molecule has 0 fully saturated rings. The van der Waals surface area contributed by atoms with Gasteiger partial charge in [0.15, 0.2) is 5.96 Å². The smallest absolute Gasteiger partial charge is 0.195 e. The molecule has 0 amide bonds. The Morgan fingerprint density at radius 3 is 1.82 bits per heavy atom. The summed E-state index contributed by atoms with van der Waals surface area (Å²) in [6.45, 7) is 9.63. The summed E-state index contributed by atoms with van der Waals surface area (Å²) in [5.74, 6) is 1.03. The van der Waals surface area contributed by atoms with Crippen LogP contribution in [0.3, 0.4) is 0 Å². The molecule has 0 aromatic rings. The van der Waals surface area contributed by atoms with Crippen LogP contribution < -0.4 is 0 Å². The maximum absolute atomic E-state index is 4.62. The summed E-state index contributed by atoms with van der Waals surface area (Å²) in [6.07, 6.45) is 0. The first-order valence-electron chi connectivity index (χ1n) is 6.03. The van der Waals surface area contributed by atoms with Crippen molar-refractivity contribution in [1.82, 2.24) is 14.7 Å². The largest absolute Gasteiger partial charge is 0.349 e. The van der Waals surface area contributed by atoms with E-state index in [1.807, 2.05) is 38.0 Å². The van der Waals surface area contributed by atoms with Crippen molar-refractivity contribution in [2.45, 2.75) is 26.8 Å². The highest BCUT2D eigenvalue weighted by Gasteiger charge is 2.07. The third-order valence-electron chi connectivity index (χ3n) is 2.58. The number of nitrogens with zero attached hydrogens (tertiary/aromatic N) is 4. The summed E-state index contributed by atoms with van der Waals surface area (Å²) in [4.78, 5) is 11.1. The van der Waals surface area contributed by atoms with Gasteiger partial charge in [-0.1, -0.05) is 6.92 Å². The first-order valence-corrected chi connectivity index (χ1v) is 6.03. The zero-order valence-corrected chi connectivity index (χ0v) is 14.7. The summed E-state index contributed by atoms with van der Waals surface area (Å²) < 4.78 is 0. The number of aliphatic imine (C=N–C) groups is 1. The highest BCUT2D eigenvalue weighted by atomic mass is 127. The Kier molecular flexibility index (Phi) is 11.3. The zero-order chi connectivity index (χ0) is 12.7. The lowest BCUT2D eigenvalue weighted by molar-refractivity contribution is 0.240. The topological polar surface area (TPSA) is 22.1 Å². The van der Waals surface area contributed by atoms with E-state index in [9.17, 15) is 0 Å². The van der Waals surface area contributed by atoms with E-state index in [2.05, 4.69) is 30.7 Å². The lowest BCUT2D eigenvalue weighted by Gasteiger charge is -2.25. The summed E-state index contributed by atoms with van der Waals surface area (Å²) in [6, 6.07) is 0.599. The molecule has 0 heterocycles. The Hall–Kier alpha value is -0.0400. The van der Waals surface area contributed by atoms with Crippen molar-refractivity contribution < 1.29 is 0 Å². The van der Waals surface area contributed by atoms with Gasteiger partial charge in [0.05, 0.1) is 6.54 Å². The van der Waals surface area contributed by atoms with E-state index in [0.29, 0.717) is 6.04 Å². The number of guanidine groups is 1. The third-order valence-corrected chi connectivity index (χ3v) is 2.58. The first-order chi connectivity index (χ1) is 7.40. The highest BCUT2D eigenvalue weighted by molar-refractivity contribution is 14.0. The Morgan fingerprint density at radius 2 is 1.53 bits per heavy atom. The minimum atomic E-state index is 0. The van der Waals surface area contributed by atoms with Crippen molar-refractivity contribution >= 4 is 29.9 Å². The quantitative estimate of drug-likeness (QED) is 0.426. The second-order valence-electron chi connectivity index (χ2n) is 4.69. The van der Waals surface area contributed by atoms with Crippen LogP contribution in [0.25, 0.3) is 0 Å². The van der Waals surface area contributed by atoms with Crippen LogP contribution >= 0.6 is 24.0 Å². The molecule has 104 valence electrons. The van der Waals surface area contributed by atoms with Crippen molar-refractivity contribution in [3.63, 3.8) is 0 Å². The van der Waals surface area contributed by atoms with Crippen LogP contribution in [0.4, 0.5) is 0 Å².